The number of aryl methyl sites for hydroxylation is 1. The Morgan fingerprint density at radius 1 is 1.33 bits per heavy atom. The number of benzene rings is 1. The van der Waals surface area contributed by atoms with Gasteiger partial charge in [0, 0.05) is 18.1 Å². The molecule has 1 saturated heterocycles. The van der Waals surface area contributed by atoms with Gasteiger partial charge in [-0.25, -0.2) is 4.79 Å². The predicted molar refractivity (Wildman–Crippen MR) is 89.1 cm³/mol. The van der Waals surface area contributed by atoms with Crippen LogP contribution in [0.1, 0.15) is 42.7 Å². The van der Waals surface area contributed by atoms with Crippen LogP contribution in [0, 0.1) is 24.7 Å². The summed E-state index contributed by atoms with van der Waals surface area (Å²) in [5, 5.41) is 4.36. The van der Waals surface area contributed by atoms with Crippen molar-refractivity contribution in [3.8, 4) is 17.5 Å². The SMILES string of the molecule is Cc1ccc(C#CC2CC2)cc1-n1nc(C[C@H]2CCCO2)oc1=O. The van der Waals surface area contributed by atoms with Gasteiger partial charge in [0.05, 0.1) is 18.2 Å². The summed E-state index contributed by atoms with van der Waals surface area (Å²) in [4.78, 5) is 12.2. The van der Waals surface area contributed by atoms with E-state index in [-0.39, 0.29) is 6.10 Å². The highest BCUT2D eigenvalue weighted by Gasteiger charge is 2.21. The third kappa shape index (κ3) is 3.29. The summed E-state index contributed by atoms with van der Waals surface area (Å²) in [6, 6.07) is 5.85. The third-order valence-corrected chi connectivity index (χ3v) is 4.45. The summed E-state index contributed by atoms with van der Waals surface area (Å²) in [7, 11) is 0. The molecule has 2 aromatic rings. The van der Waals surface area contributed by atoms with Gasteiger partial charge < -0.3 is 9.15 Å². The Balaban J connectivity index is 1.62. The lowest BCUT2D eigenvalue weighted by atomic mass is 10.1. The number of ether oxygens (including phenoxy) is 1. The topological polar surface area (TPSA) is 57.3 Å². The number of hydrogen-bond donors (Lipinski definition) is 0. The van der Waals surface area contributed by atoms with E-state index in [0.29, 0.717) is 18.2 Å². The molecule has 1 aliphatic carbocycles. The Morgan fingerprint density at radius 2 is 2.21 bits per heavy atom. The van der Waals surface area contributed by atoms with Crippen LogP contribution in [0.2, 0.25) is 0 Å². The van der Waals surface area contributed by atoms with Crippen LogP contribution < -0.4 is 5.76 Å². The molecule has 1 atom stereocenters. The number of aromatic nitrogens is 2. The number of hydrogen-bond acceptors (Lipinski definition) is 4. The molecule has 5 nitrogen and oxygen atoms in total. The quantitative estimate of drug-likeness (QED) is 0.815. The van der Waals surface area contributed by atoms with E-state index in [9.17, 15) is 4.79 Å². The van der Waals surface area contributed by atoms with Gasteiger partial charge in [0.25, 0.3) is 0 Å². The van der Waals surface area contributed by atoms with E-state index in [4.69, 9.17) is 9.15 Å². The highest BCUT2D eigenvalue weighted by molar-refractivity contribution is 5.48. The van der Waals surface area contributed by atoms with E-state index in [2.05, 4.69) is 16.9 Å². The molecule has 1 aromatic carbocycles. The van der Waals surface area contributed by atoms with E-state index in [0.717, 1.165) is 36.3 Å². The molecule has 24 heavy (non-hydrogen) atoms. The molecule has 4 rings (SSSR count). The van der Waals surface area contributed by atoms with Gasteiger partial charge in [-0.2, -0.15) is 4.68 Å². The predicted octanol–water partition coefficient (Wildman–Crippen LogP) is 2.62. The maximum atomic E-state index is 12.2. The van der Waals surface area contributed by atoms with Gasteiger partial charge in [0.15, 0.2) is 0 Å². The molecule has 0 spiro atoms. The Kier molecular flexibility index (Phi) is 3.99. The monoisotopic (exact) mass is 324 g/mol. The van der Waals surface area contributed by atoms with Crippen LogP contribution in [0.4, 0.5) is 0 Å². The first-order valence-electron chi connectivity index (χ1n) is 8.52. The van der Waals surface area contributed by atoms with Gasteiger partial charge >= 0.3 is 5.76 Å². The lowest BCUT2D eigenvalue weighted by molar-refractivity contribution is 0.105. The van der Waals surface area contributed by atoms with Crippen LogP contribution >= 0.6 is 0 Å². The fraction of sp³-hybridized carbons (Fsp3) is 0.474. The molecule has 2 aliphatic rings. The molecular formula is C19H20N2O3. The van der Waals surface area contributed by atoms with E-state index in [1.54, 1.807) is 0 Å². The summed E-state index contributed by atoms with van der Waals surface area (Å²) in [6.07, 6.45) is 5.08. The fourth-order valence-electron chi connectivity index (χ4n) is 2.88. The minimum atomic E-state index is -0.460. The van der Waals surface area contributed by atoms with Crippen molar-refractivity contribution in [2.75, 3.05) is 6.61 Å². The second-order valence-corrected chi connectivity index (χ2v) is 6.56. The first kappa shape index (κ1) is 15.2. The van der Waals surface area contributed by atoms with Crippen LogP contribution in [0.5, 0.6) is 0 Å². The fourth-order valence-corrected chi connectivity index (χ4v) is 2.88. The molecule has 2 heterocycles. The minimum Gasteiger partial charge on any atom is -0.392 e. The maximum Gasteiger partial charge on any atom is 0.441 e. The molecule has 0 radical (unpaired) electrons. The van der Waals surface area contributed by atoms with Crippen molar-refractivity contribution in [2.24, 2.45) is 5.92 Å². The van der Waals surface area contributed by atoms with Crippen molar-refractivity contribution >= 4 is 0 Å². The Hall–Kier alpha value is -2.32. The summed E-state index contributed by atoms with van der Waals surface area (Å²) < 4.78 is 12.2. The average Bonchev–Trinajstić information content (AvgIpc) is 3.13. The van der Waals surface area contributed by atoms with Crippen molar-refractivity contribution in [2.45, 2.75) is 45.1 Å². The number of rotatable bonds is 3. The maximum absolute atomic E-state index is 12.2. The Labute approximate surface area is 140 Å². The van der Waals surface area contributed by atoms with Gasteiger partial charge in [-0.1, -0.05) is 17.9 Å². The molecule has 0 bridgehead atoms. The molecule has 124 valence electrons. The van der Waals surface area contributed by atoms with Crippen LogP contribution in [0.15, 0.2) is 27.4 Å². The summed E-state index contributed by atoms with van der Waals surface area (Å²) >= 11 is 0. The zero-order valence-corrected chi connectivity index (χ0v) is 13.7. The lowest BCUT2D eigenvalue weighted by Gasteiger charge is -2.05. The smallest absolute Gasteiger partial charge is 0.392 e. The second-order valence-electron chi connectivity index (χ2n) is 6.56. The largest absolute Gasteiger partial charge is 0.441 e. The third-order valence-electron chi connectivity index (χ3n) is 4.45. The van der Waals surface area contributed by atoms with Crippen molar-refractivity contribution in [1.29, 1.82) is 0 Å². The summed E-state index contributed by atoms with van der Waals surface area (Å²) in [5.41, 5.74) is 2.59. The normalized spacial score (nSPS) is 20.0. The van der Waals surface area contributed by atoms with E-state index < -0.39 is 5.76 Å². The van der Waals surface area contributed by atoms with Crippen molar-refractivity contribution in [3.05, 3.63) is 45.8 Å². The summed E-state index contributed by atoms with van der Waals surface area (Å²) in [5.74, 6) is 6.94. The van der Waals surface area contributed by atoms with Gasteiger partial charge in [0.1, 0.15) is 0 Å². The second kappa shape index (κ2) is 6.29. The molecule has 1 saturated carbocycles. The van der Waals surface area contributed by atoms with Gasteiger partial charge in [-0.3, -0.25) is 0 Å². The zero-order chi connectivity index (χ0) is 16.5. The molecule has 1 aliphatic heterocycles. The first-order valence-corrected chi connectivity index (χ1v) is 8.52. The standard InChI is InChI=1S/C19H20N2O3/c1-13-4-5-15(9-8-14-6-7-14)11-17(13)21-19(22)24-18(20-21)12-16-3-2-10-23-16/h4-5,11,14,16H,2-3,6-7,10,12H2,1H3/t16-/m1/s1. The average molecular weight is 324 g/mol. The van der Waals surface area contributed by atoms with Crippen molar-refractivity contribution < 1.29 is 9.15 Å². The number of nitrogens with zero attached hydrogens (tertiary/aromatic N) is 2. The minimum absolute atomic E-state index is 0.105. The molecule has 1 aromatic heterocycles. The Morgan fingerprint density at radius 3 is 2.96 bits per heavy atom. The van der Waals surface area contributed by atoms with E-state index >= 15 is 0 Å². The van der Waals surface area contributed by atoms with Gasteiger partial charge in [-0.15, -0.1) is 5.10 Å². The van der Waals surface area contributed by atoms with Gasteiger partial charge in [0.2, 0.25) is 5.89 Å². The molecule has 0 unspecified atom stereocenters. The van der Waals surface area contributed by atoms with Crippen molar-refractivity contribution in [3.63, 3.8) is 0 Å². The molecule has 2 fully saturated rings. The van der Waals surface area contributed by atoms with Crippen LogP contribution in [-0.2, 0) is 11.2 Å². The molecule has 0 amide bonds. The van der Waals surface area contributed by atoms with Crippen LogP contribution in [-0.4, -0.2) is 22.5 Å². The van der Waals surface area contributed by atoms with Gasteiger partial charge in [-0.05, 0) is 50.3 Å². The zero-order valence-electron chi connectivity index (χ0n) is 13.7. The van der Waals surface area contributed by atoms with Crippen molar-refractivity contribution in [1.82, 2.24) is 9.78 Å². The highest BCUT2D eigenvalue weighted by Crippen LogP contribution is 2.27. The Bertz CT molecular complexity index is 859. The lowest BCUT2D eigenvalue weighted by Crippen LogP contribution is -2.15. The van der Waals surface area contributed by atoms with Crippen LogP contribution in [0.3, 0.4) is 0 Å². The van der Waals surface area contributed by atoms with E-state index in [1.807, 2.05) is 25.1 Å². The molecule has 5 heteroatoms. The highest BCUT2D eigenvalue weighted by atomic mass is 16.5. The summed E-state index contributed by atoms with van der Waals surface area (Å²) in [6.45, 7) is 2.73. The molecule has 0 N–H and O–H groups in total. The van der Waals surface area contributed by atoms with E-state index in [1.165, 1.54) is 17.5 Å². The first-order chi connectivity index (χ1) is 11.7. The molecular weight excluding hydrogens is 304 g/mol. The van der Waals surface area contributed by atoms with Crippen LogP contribution in [0.25, 0.3) is 5.69 Å².